The Balaban J connectivity index is 2.63. The van der Waals surface area contributed by atoms with E-state index in [1.54, 1.807) is 24.3 Å². The number of benzene rings is 1. The molecular formula is C14H22N2OS. The Labute approximate surface area is 115 Å². The average molecular weight is 266 g/mol. The highest BCUT2D eigenvalue weighted by molar-refractivity contribution is 7.58. The maximum atomic E-state index is 12.0. The molecule has 0 spiro atoms. The maximum absolute atomic E-state index is 12.0. The van der Waals surface area contributed by atoms with Crippen molar-refractivity contribution >= 4 is 18.5 Å². The molecule has 1 aromatic rings. The van der Waals surface area contributed by atoms with Gasteiger partial charge in [0.25, 0.3) is 5.91 Å². The second kappa shape index (κ2) is 6.71. The van der Waals surface area contributed by atoms with Crippen LogP contribution in [0.1, 0.15) is 31.1 Å². The fraction of sp³-hybridized carbons (Fsp3) is 0.500. The first-order chi connectivity index (χ1) is 8.56. The number of quaternary nitrogens is 1. The first-order valence-corrected chi connectivity index (χ1v) is 6.88. The van der Waals surface area contributed by atoms with Gasteiger partial charge < -0.3 is 22.4 Å². The van der Waals surface area contributed by atoms with Crippen LogP contribution in [0.4, 0.5) is 0 Å². The fourth-order valence-corrected chi connectivity index (χ4v) is 2.09. The van der Waals surface area contributed by atoms with Crippen LogP contribution in [-0.2, 0) is 12.6 Å². The zero-order valence-corrected chi connectivity index (χ0v) is 12.2. The third-order valence-electron chi connectivity index (χ3n) is 3.70. The van der Waals surface area contributed by atoms with Crippen LogP contribution >= 0.6 is 0 Å². The van der Waals surface area contributed by atoms with Crippen LogP contribution in [0, 0.1) is 0 Å². The number of amides is 1. The molecule has 0 radical (unpaired) electrons. The number of nitrogens with one attached hydrogen (secondary N) is 1. The van der Waals surface area contributed by atoms with Crippen LogP contribution < -0.4 is 5.32 Å². The van der Waals surface area contributed by atoms with Gasteiger partial charge in [0, 0.05) is 5.56 Å². The van der Waals surface area contributed by atoms with E-state index in [1.807, 2.05) is 0 Å². The molecule has 0 aliphatic rings. The second-order valence-electron chi connectivity index (χ2n) is 4.48. The third-order valence-corrected chi connectivity index (χ3v) is 3.98. The minimum absolute atomic E-state index is 0.0251. The number of nitrogens with zero attached hydrogens (tertiary/aromatic N) is 1. The molecule has 0 aliphatic heterocycles. The number of hydrogen-bond acceptors (Lipinski definition) is 2. The molecule has 1 aromatic carbocycles. The van der Waals surface area contributed by atoms with Gasteiger partial charge in [0.1, 0.15) is 0 Å². The molecular weight excluding hydrogens is 244 g/mol. The molecule has 100 valence electrons. The summed E-state index contributed by atoms with van der Waals surface area (Å²) >= 11 is 5.00. The van der Waals surface area contributed by atoms with Crippen molar-refractivity contribution in [2.75, 3.05) is 26.3 Å². The lowest BCUT2D eigenvalue weighted by molar-refractivity contribution is -0.924. The lowest BCUT2D eigenvalue weighted by Crippen LogP contribution is -2.54. The van der Waals surface area contributed by atoms with Gasteiger partial charge in [-0.05, 0) is 20.8 Å². The predicted octanol–water partition coefficient (Wildman–Crippen LogP) is 2.16. The summed E-state index contributed by atoms with van der Waals surface area (Å²) in [4.78, 5) is 12.8. The largest absolute Gasteiger partial charge is 0.780 e. The summed E-state index contributed by atoms with van der Waals surface area (Å²) in [6.45, 7) is 10.2. The Hall–Kier alpha value is -1.13. The summed E-state index contributed by atoms with van der Waals surface area (Å²) in [5.41, 5.74) is 0.671. The van der Waals surface area contributed by atoms with Gasteiger partial charge in [-0.2, -0.15) is 4.90 Å². The molecule has 18 heavy (non-hydrogen) atoms. The predicted molar refractivity (Wildman–Crippen MR) is 76.3 cm³/mol. The molecule has 1 amide bonds. The van der Waals surface area contributed by atoms with E-state index in [4.69, 9.17) is 12.6 Å². The van der Waals surface area contributed by atoms with E-state index in [1.165, 1.54) is 0 Å². The highest BCUT2D eigenvalue weighted by atomic mass is 32.1. The van der Waals surface area contributed by atoms with E-state index >= 15 is 0 Å². The van der Waals surface area contributed by atoms with Crippen LogP contribution in [0.25, 0.3) is 0 Å². The first-order valence-electron chi connectivity index (χ1n) is 6.47. The highest BCUT2D eigenvalue weighted by Gasteiger charge is 2.21. The van der Waals surface area contributed by atoms with Gasteiger partial charge in [-0.1, -0.05) is 24.3 Å². The fourth-order valence-electron chi connectivity index (χ4n) is 1.95. The topological polar surface area (TPSA) is 29.1 Å². The zero-order chi connectivity index (χ0) is 13.6. The molecule has 4 heteroatoms. The van der Waals surface area contributed by atoms with Crippen molar-refractivity contribution in [2.45, 2.75) is 25.7 Å². The Kier molecular flexibility index (Phi) is 5.56. The second-order valence-corrected chi connectivity index (χ2v) is 4.95. The smallest absolute Gasteiger partial charge is 0.255 e. The standard InChI is InChI=1S/C14H22N2OS/c1-4-16(5-2,6-3)11-15-14(17)12-7-9-13(18)10-8-12/h7-10H,4-6,11H2,1-3H3,(H-,15,17,18). The third kappa shape index (κ3) is 3.68. The van der Waals surface area contributed by atoms with Gasteiger partial charge in [-0.25, -0.2) is 0 Å². The van der Waals surface area contributed by atoms with Crippen LogP contribution in [-0.4, -0.2) is 36.7 Å². The Morgan fingerprint density at radius 1 is 1.11 bits per heavy atom. The van der Waals surface area contributed by atoms with Gasteiger partial charge in [0.15, 0.2) is 6.67 Å². The molecule has 0 aromatic heterocycles. The van der Waals surface area contributed by atoms with Crippen molar-refractivity contribution < 1.29 is 9.28 Å². The van der Waals surface area contributed by atoms with Crippen molar-refractivity contribution in [1.82, 2.24) is 5.32 Å². The van der Waals surface area contributed by atoms with Crippen molar-refractivity contribution in [1.29, 1.82) is 0 Å². The molecule has 0 heterocycles. The molecule has 0 aliphatic carbocycles. The van der Waals surface area contributed by atoms with Gasteiger partial charge in [-0.3, -0.25) is 4.79 Å². The molecule has 3 nitrogen and oxygen atoms in total. The monoisotopic (exact) mass is 266 g/mol. The van der Waals surface area contributed by atoms with Crippen molar-refractivity contribution in [3.63, 3.8) is 0 Å². The summed E-state index contributed by atoms with van der Waals surface area (Å²) < 4.78 is 0.908. The summed E-state index contributed by atoms with van der Waals surface area (Å²) in [5, 5.41) is 3.01. The van der Waals surface area contributed by atoms with E-state index < -0.39 is 0 Å². The van der Waals surface area contributed by atoms with E-state index in [0.29, 0.717) is 12.2 Å². The van der Waals surface area contributed by atoms with Crippen molar-refractivity contribution in [3.8, 4) is 0 Å². The molecule has 0 atom stereocenters. The summed E-state index contributed by atoms with van der Waals surface area (Å²) in [6.07, 6.45) is 0. The van der Waals surface area contributed by atoms with Gasteiger partial charge in [0.2, 0.25) is 0 Å². The normalized spacial score (nSPS) is 11.3. The van der Waals surface area contributed by atoms with Crippen LogP contribution in [0.15, 0.2) is 29.2 Å². The molecule has 1 rings (SSSR count). The Morgan fingerprint density at radius 3 is 2.06 bits per heavy atom. The van der Waals surface area contributed by atoms with Crippen LogP contribution in [0.3, 0.4) is 0 Å². The quantitative estimate of drug-likeness (QED) is 0.486. The summed E-state index contributed by atoms with van der Waals surface area (Å²) in [7, 11) is 0. The minimum atomic E-state index is -0.0251. The summed E-state index contributed by atoms with van der Waals surface area (Å²) in [6, 6.07) is 7.12. The first kappa shape index (κ1) is 14.9. The minimum Gasteiger partial charge on any atom is -0.780 e. The molecule has 0 bridgehead atoms. The number of carbonyl (C=O) groups is 1. The van der Waals surface area contributed by atoms with Crippen LogP contribution in [0.2, 0.25) is 0 Å². The number of carbonyl (C=O) groups excluding carboxylic acids is 1. The molecule has 0 fully saturated rings. The average Bonchev–Trinajstić information content (AvgIpc) is 2.41. The van der Waals surface area contributed by atoms with Gasteiger partial charge >= 0.3 is 0 Å². The van der Waals surface area contributed by atoms with Gasteiger partial charge in [0.05, 0.1) is 19.6 Å². The maximum Gasteiger partial charge on any atom is 0.255 e. The summed E-state index contributed by atoms with van der Waals surface area (Å²) in [5.74, 6) is -0.0251. The zero-order valence-electron chi connectivity index (χ0n) is 11.4. The van der Waals surface area contributed by atoms with E-state index in [0.717, 1.165) is 29.0 Å². The SMILES string of the molecule is CC[N+](CC)(CC)CNC(=O)c1ccc([S-])cc1. The van der Waals surface area contributed by atoms with E-state index in [2.05, 4.69) is 26.1 Å². The van der Waals surface area contributed by atoms with Crippen LogP contribution in [0.5, 0.6) is 0 Å². The lowest BCUT2D eigenvalue weighted by atomic mass is 10.2. The lowest BCUT2D eigenvalue weighted by Gasteiger charge is -2.35. The molecule has 1 N–H and O–H groups in total. The van der Waals surface area contributed by atoms with E-state index in [-0.39, 0.29) is 5.91 Å². The molecule has 0 unspecified atom stereocenters. The van der Waals surface area contributed by atoms with Crippen molar-refractivity contribution in [3.05, 3.63) is 29.8 Å². The number of hydrogen-bond donors (Lipinski definition) is 1. The highest BCUT2D eigenvalue weighted by Crippen LogP contribution is 2.06. The Bertz CT molecular complexity index is 377. The van der Waals surface area contributed by atoms with E-state index in [9.17, 15) is 4.79 Å². The molecule has 0 saturated heterocycles. The molecule has 0 saturated carbocycles. The Morgan fingerprint density at radius 2 is 1.61 bits per heavy atom. The number of rotatable bonds is 6. The van der Waals surface area contributed by atoms with Gasteiger partial charge in [-0.15, -0.1) is 0 Å². The van der Waals surface area contributed by atoms with Crippen molar-refractivity contribution in [2.24, 2.45) is 0 Å².